The molecule has 1 aliphatic carbocycles. The summed E-state index contributed by atoms with van der Waals surface area (Å²) in [5, 5.41) is 2.74. The average molecular weight is 393 g/mol. The molecule has 29 heavy (non-hydrogen) atoms. The monoisotopic (exact) mass is 393 g/mol. The minimum absolute atomic E-state index is 0.0872. The number of allylic oxidation sites excluding steroid dienone is 2. The first-order chi connectivity index (χ1) is 14.1. The van der Waals surface area contributed by atoms with Crippen LogP contribution in [0.4, 0.5) is 4.39 Å². The van der Waals surface area contributed by atoms with Crippen LogP contribution < -0.4 is 5.32 Å². The maximum Gasteiger partial charge on any atom is 0.455 e. The molecule has 146 valence electrons. The molecule has 1 aromatic carbocycles. The summed E-state index contributed by atoms with van der Waals surface area (Å²) in [6, 6.07) is 9.20. The fourth-order valence-corrected chi connectivity index (χ4v) is 3.06. The standard InChI is InChI=1S/C22H17FN2O4/c23-16-9-7-15(8-10-16)12-20-22(27)25(18-5-1-2-6-19(18)29-20)14-21(26)24-13-17-4-3-11-28-17/h1-12,19H,13-14H2/p+1/b20-12+. The molecule has 0 saturated heterocycles. The first-order valence-electron chi connectivity index (χ1n) is 9.07. The van der Waals surface area contributed by atoms with Gasteiger partial charge >= 0.3 is 5.91 Å². The Morgan fingerprint density at radius 3 is 2.79 bits per heavy atom. The van der Waals surface area contributed by atoms with Gasteiger partial charge in [0.15, 0.2) is 0 Å². The van der Waals surface area contributed by atoms with Crippen LogP contribution in [0.1, 0.15) is 11.3 Å². The van der Waals surface area contributed by atoms with Crippen molar-refractivity contribution >= 4 is 23.6 Å². The number of halogens is 1. The normalized spacial score (nSPS) is 19.3. The van der Waals surface area contributed by atoms with Crippen molar-refractivity contribution < 1.29 is 27.7 Å². The highest BCUT2D eigenvalue weighted by atomic mass is 19.1. The number of hydrogen-bond acceptors (Lipinski definition) is 4. The summed E-state index contributed by atoms with van der Waals surface area (Å²) in [7, 11) is 0. The van der Waals surface area contributed by atoms with E-state index in [1.54, 1.807) is 48.6 Å². The largest absolute Gasteiger partial charge is 0.467 e. The van der Waals surface area contributed by atoms with Crippen molar-refractivity contribution in [3.05, 3.63) is 89.9 Å². The van der Waals surface area contributed by atoms with Gasteiger partial charge in [0.2, 0.25) is 24.1 Å². The van der Waals surface area contributed by atoms with E-state index < -0.39 is 12.0 Å². The van der Waals surface area contributed by atoms with Gasteiger partial charge in [-0.25, -0.2) is 9.18 Å². The van der Waals surface area contributed by atoms with E-state index in [1.807, 2.05) is 6.08 Å². The zero-order chi connectivity index (χ0) is 20.2. The van der Waals surface area contributed by atoms with Crippen LogP contribution in [-0.4, -0.2) is 34.8 Å². The topological polar surface area (TPSA) is 71.5 Å². The zero-order valence-corrected chi connectivity index (χ0v) is 15.4. The summed E-state index contributed by atoms with van der Waals surface area (Å²) >= 11 is 0. The molecule has 7 heteroatoms. The van der Waals surface area contributed by atoms with Gasteiger partial charge in [-0.15, -0.1) is 4.58 Å². The molecule has 1 atom stereocenters. The number of fused-ring (bicyclic) bond motifs is 1. The highest BCUT2D eigenvalue weighted by Crippen LogP contribution is 2.20. The van der Waals surface area contributed by atoms with Gasteiger partial charge in [-0.1, -0.05) is 24.3 Å². The van der Waals surface area contributed by atoms with Crippen molar-refractivity contribution in [1.82, 2.24) is 5.32 Å². The number of hydrogen-bond donors (Lipinski definition) is 1. The highest BCUT2D eigenvalue weighted by Gasteiger charge is 2.40. The summed E-state index contributed by atoms with van der Waals surface area (Å²) in [5.41, 5.74) is 1.21. The van der Waals surface area contributed by atoms with E-state index in [1.165, 1.54) is 23.0 Å². The van der Waals surface area contributed by atoms with E-state index >= 15 is 0 Å². The van der Waals surface area contributed by atoms with Crippen molar-refractivity contribution in [3.63, 3.8) is 0 Å². The maximum atomic E-state index is 13.1. The van der Waals surface area contributed by atoms with E-state index in [2.05, 4.69) is 5.32 Å². The second-order valence-corrected chi connectivity index (χ2v) is 6.51. The van der Waals surface area contributed by atoms with Gasteiger partial charge in [0.05, 0.1) is 12.8 Å². The van der Waals surface area contributed by atoms with Crippen LogP contribution in [0.15, 0.2) is 77.1 Å². The van der Waals surface area contributed by atoms with Crippen LogP contribution in [0.3, 0.4) is 0 Å². The highest BCUT2D eigenvalue weighted by molar-refractivity contribution is 6.06. The molecule has 1 N–H and O–H groups in total. The quantitative estimate of drug-likeness (QED) is 0.626. The second-order valence-electron chi connectivity index (χ2n) is 6.51. The third-order valence-electron chi connectivity index (χ3n) is 4.49. The maximum absolute atomic E-state index is 13.1. The predicted octanol–water partition coefficient (Wildman–Crippen LogP) is 2.58. The minimum atomic E-state index is -0.484. The first-order valence-corrected chi connectivity index (χ1v) is 9.07. The Kier molecular flexibility index (Phi) is 5.20. The Labute approximate surface area is 166 Å². The summed E-state index contributed by atoms with van der Waals surface area (Å²) in [6.07, 6.45) is 9.73. The van der Waals surface area contributed by atoms with Crippen LogP contribution in [0.2, 0.25) is 0 Å². The Morgan fingerprint density at radius 2 is 2.03 bits per heavy atom. The molecule has 1 unspecified atom stereocenters. The molecule has 1 aliphatic heterocycles. The number of nitrogens with zero attached hydrogens (tertiary/aromatic N) is 1. The molecule has 0 bridgehead atoms. The molecule has 2 aromatic rings. The van der Waals surface area contributed by atoms with E-state index in [-0.39, 0.29) is 30.6 Å². The van der Waals surface area contributed by atoms with Crippen molar-refractivity contribution in [3.8, 4) is 0 Å². The van der Waals surface area contributed by atoms with Crippen molar-refractivity contribution in [2.45, 2.75) is 12.6 Å². The van der Waals surface area contributed by atoms with Crippen LogP contribution >= 0.6 is 0 Å². The van der Waals surface area contributed by atoms with E-state index in [0.29, 0.717) is 17.0 Å². The number of furan rings is 1. The van der Waals surface area contributed by atoms with Gasteiger partial charge in [0, 0.05) is 6.08 Å². The van der Waals surface area contributed by atoms with Gasteiger partial charge in [0.25, 0.3) is 5.91 Å². The number of ether oxygens (including phenoxy) is 1. The SMILES string of the molecule is O=C(C[N+]1=C2C=CC=CC2O/C(=C/c2ccc(F)cc2)C1=O)NCc1ccco1. The molecule has 0 fully saturated rings. The molecule has 1 aromatic heterocycles. The number of benzene rings is 1. The van der Waals surface area contributed by atoms with Crippen LogP contribution in [0.5, 0.6) is 0 Å². The van der Waals surface area contributed by atoms with Gasteiger partial charge in [-0.2, -0.15) is 0 Å². The smallest absolute Gasteiger partial charge is 0.455 e. The molecule has 2 amide bonds. The molecule has 2 aliphatic rings. The summed E-state index contributed by atoms with van der Waals surface area (Å²) < 4.78 is 25.6. The molecule has 4 rings (SSSR count). The first kappa shape index (κ1) is 18.6. The number of rotatable bonds is 5. The molecule has 2 heterocycles. The lowest BCUT2D eigenvalue weighted by Gasteiger charge is -2.22. The fourth-order valence-electron chi connectivity index (χ4n) is 3.06. The van der Waals surface area contributed by atoms with Gasteiger partial charge in [0.1, 0.15) is 11.6 Å². The average Bonchev–Trinajstić information content (AvgIpc) is 3.25. The van der Waals surface area contributed by atoms with Crippen LogP contribution in [0, 0.1) is 5.82 Å². The van der Waals surface area contributed by atoms with Gasteiger partial charge < -0.3 is 14.5 Å². The molecule has 6 nitrogen and oxygen atoms in total. The molecule has 0 radical (unpaired) electrons. The van der Waals surface area contributed by atoms with E-state index in [0.717, 1.165) is 0 Å². The van der Waals surface area contributed by atoms with Gasteiger partial charge in [-0.3, -0.25) is 4.79 Å². The van der Waals surface area contributed by atoms with Crippen molar-refractivity contribution in [2.75, 3.05) is 6.54 Å². The number of carbonyl (C=O) groups is 2. The second kappa shape index (κ2) is 8.10. The Bertz CT molecular complexity index is 1050. The van der Waals surface area contributed by atoms with E-state index in [9.17, 15) is 14.0 Å². The summed E-state index contributed by atoms with van der Waals surface area (Å²) in [6.45, 7) is 0.0742. The minimum Gasteiger partial charge on any atom is -0.467 e. The molecule has 0 saturated carbocycles. The lowest BCUT2D eigenvalue weighted by atomic mass is 10.1. The number of nitrogens with one attached hydrogen (secondary N) is 1. The Morgan fingerprint density at radius 1 is 1.21 bits per heavy atom. The lowest BCUT2D eigenvalue weighted by molar-refractivity contribution is -0.443. The summed E-state index contributed by atoms with van der Waals surface area (Å²) in [4.78, 5) is 25.4. The molecule has 0 spiro atoms. The van der Waals surface area contributed by atoms with Gasteiger partial charge in [-0.05, 0) is 42.0 Å². The summed E-state index contributed by atoms with van der Waals surface area (Å²) in [5.74, 6) is -0.423. The Hall–Kier alpha value is -3.74. The van der Waals surface area contributed by atoms with Crippen molar-refractivity contribution in [1.29, 1.82) is 0 Å². The number of carbonyl (C=O) groups excluding carboxylic acids is 2. The fraction of sp³-hybridized carbons (Fsp3) is 0.136. The van der Waals surface area contributed by atoms with Crippen molar-refractivity contribution in [2.24, 2.45) is 0 Å². The predicted molar refractivity (Wildman–Crippen MR) is 103 cm³/mol. The third kappa shape index (κ3) is 4.24. The zero-order valence-electron chi connectivity index (χ0n) is 15.4. The van der Waals surface area contributed by atoms with E-state index in [4.69, 9.17) is 9.15 Å². The Balaban J connectivity index is 1.57. The lowest BCUT2D eigenvalue weighted by Crippen LogP contribution is -2.46. The number of amides is 2. The van der Waals surface area contributed by atoms with Crippen LogP contribution in [0.25, 0.3) is 6.08 Å². The molecular weight excluding hydrogens is 375 g/mol. The third-order valence-corrected chi connectivity index (χ3v) is 4.49. The molecular formula is C22H18FN2O4+. The van der Waals surface area contributed by atoms with Crippen LogP contribution in [-0.2, 0) is 20.9 Å².